The van der Waals surface area contributed by atoms with Gasteiger partial charge in [-0.2, -0.15) is 0 Å². The maximum atomic E-state index is 12.3. The zero-order valence-electron chi connectivity index (χ0n) is 15.2. The normalized spacial score (nSPS) is 13.5. The minimum atomic E-state index is -3.24. The molecule has 0 bridgehead atoms. The summed E-state index contributed by atoms with van der Waals surface area (Å²) in [4.78, 5) is 12.6. The van der Waals surface area contributed by atoms with Gasteiger partial charge in [0.05, 0.1) is 18.0 Å². The van der Waals surface area contributed by atoms with Crippen LogP contribution in [0, 0.1) is 0 Å². The zero-order chi connectivity index (χ0) is 19.3. The molecule has 0 radical (unpaired) electrons. The Morgan fingerprint density at radius 1 is 0.962 bits per heavy atom. The Bertz CT molecular complexity index is 845. The van der Waals surface area contributed by atoms with E-state index in [2.05, 4.69) is 5.32 Å². The van der Waals surface area contributed by atoms with E-state index in [0.29, 0.717) is 11.5 Å². The predicted molar refractivity (Wildman–Crippen MR) is 99.2 cm³/mol. The molecule has 0 aliphatic rings. The molecule has 2 atom stereocenters. The molecule has 2 aromatic rings. The molecule has 2 unspecified atom stereocenters. The van der Waals surface area contributed by atoms with Gasteiger partial charge in [-0.25, -0.2) is 8.42 Å². The van der Waals surface area contributed by atoms with Crippen LogP contribution in [0.4, 0.5) is 0 Å². The number of carbonyl (C=O) groups is 1. The molecule has 0 aliphatic carbocycles. The summed E-state index contributed by atoms with van der Waals surface area (Å²) < 4.78 is 33.7. The first-order valence-electron chi connectivity index (χ1n) is 8.12. The number of hydrogen-bond acceptors (Lipinski definition) is 5. The third-order valence-electron chi connectivity index (χ3n) is 3.91. The maximum Gasteiger partial charge on any atom is 0.261 e. The number of amides is 1. The summed E-state index contributed by atoms with van der Waals surface area (Å²) in [5.74, 6) is 1.01. The number of hydrogen-bond donors (Lipinski definition) is 1. The fraction of sp³-hybridized carbons (Fsp3) is 0.316. The second kappa shape index (κ2) is 8.23. The van der Waals surface area contributed by atoms with Crippen LogP contribution in [0.5, 0.6) is 11.5 Å². The van der Waals surface area contributed by atoms with Crippen molar-refractivity contribution < 1.29 is 22.7 Å². The molecule has 7 heteroatoms. The third-order valence-corrected chi connectivity index (χ3v) is 5.04. The third kappa shape index (κ3) is 5.23. The van der Waals surface area contributed by atoms with E-state index in [-0.39, 0.29) is 16.8 Å². The monoisotopic (exact) mass is 377 g/mol. The first-order valence-corrected chi connectivity index (χ1v) is 10.0. The van der Waals surface area contributed by atoms with Crippen molar-refractivity contribution in [2.45, 2.75) is 30.9 Å². The van der Waals surface area contributed by atoms with E-state index in [1.807, 2.05) is 6.92 Å². The van der Waals surface area contributed by atoms with Crippen molar-refractivity contribution >= 4 is 15.7 Å². The lowest BCUT2D eigenvalue weighted by atomic mass is 10.1. The largest absolute Gasteiger partial charge is 0.497 e. The predicted octanol–water partition coefficient (Wildman–Crippen LogP) is 2.74. The van der Waals surface area contributed by atoms with Crippen molar-refractivity contribution in [1.82, 2.24) is 5.32 Å². The fourth-order valence-corrected chi connectivity index (χ4v) is 2.96. The van der Waals surface area contributed by atoms with Gasteiger partial charge in [0.2, 0.25) is 0 Å². The van der Waals surface area contributed by atoms with Gasteiger partial charge in [-0.05, 0) is 55.8 Å². The van der Waals surface area contributed by atoms with Gasteiger partial charge in [-0.1, -0.05) is 12.1 Å². The van der Waals surface area contributed by atoms with Crippen molar-refractivity contribution in [3.05, 3.63) is 54.1 Å². The van der Waals surface area contributed by atoms with E-state index < -0.39 is 15.9 Å². The van der Waals surface area contributed by atoms with E-state index in [9.17, 15) is 13.2 Å². The van der Waals surface area contributed by atoms with Crippen LogP contribution < -0.4 is 14.8 Å². The van der Waals surface area contributed by atoms with Gasteiger partial charge < -0.3 is 14.8 Å². The number of ether oxygens (including phenoxy) is 2. The highest BCUT2D eigenvalue weighted by atomic mass is 32.2. The van der Waals surface area contributed by atoms with Gasteiger partial charge in [-0.3, -0.25) is 4.79 Å². The molecule has 1 amide bonds. The quantitative estimate of drug-likeness (QED) is 0.802. The first-order chi connectivity index (χ1) is 12.2. The van der Waals surface area contributed by atoms with Crippen LogP contribution in [-0.4, -0.2) is 33.8 Å². The highest BCUT2D eigenvalue weighted by Crippen LogP contribution is 2.19. The molecule has 0 aliphatic heterocycles. The topological polar surface area (TPSA) is 81.7 Å². The molecular formula is C19H23NO5S. The smallest absolute Gasteiger partial charge is 0.261 e. The molecule has 2 rings (SSSR count). The van der Waals surface area contributed by atoms with Crippen LogP contribution in [0.3, 0.4) is 0 Å². The Morgan fingerprint density at radius 2 is 1.50 bits per heavy atom. The summed E-state index contributed by atoms with van der Waals surface area (Å²) in [6.45, 7) is 3.49. The summed E-state index contributed by atoms with van der Waals surface area (Å²) in [5.41, 5.74) is 0.808. The summed E-state index contributed by atoms with van der Waals surface area (Å²) in [5, 5.41) is 2.86. The molecule has 0 aromatic heterocycles. The minimum Gasteiger partial charge on any atom is -0.497 e. The number of benzene rings is 2. The summed E-state index contributed by atoms with van der Waals surface area (Å²) in [6, 6.07) is 13.1. The highest BCUT2D eigenvalue weighted by molar-refractivity contribution is 7.90. The van der Waals surface area contributed by atoms with Gasteiger partial charge in [0, 0.05) is 6.26 Å². The van der Waals surface area contributed by atoms with E-state index in [1.165, 1.54) is 12.1 Å². The molecule has 0 spiro atoms. The van der Waals surface area contributed by atoms with Gasteiger partial charge in [0.1, 0.15) is 11.5 Å². The lowest BCUT2D eigenvalue weighted by Crippen LogP contribution is -2.37. The van der Waals surface area contributed by atoms with Crippen LogP contribution in [-0.2, 0) is 14.6 Å². The number of rotatable bonds is 7. The molecule has 6 nitrogen and oxygen atoms in total. The average Bonchev–Trinajstić information content (AvgIpc) is 2.61. The van der Waals surface area contributed by atoms with E-state index in [0.717, 1.165) is 11.8 Å². The van der Waals surface area contributed by atoms with E-state index in [1.54, 1.807) is 50.4 Å². The Hall–Kier alpha value is -2.54. The standard InChI is InChI=1S/C19H23NO5S/c1-13(15-5-11-18(12-6-15)26(4,22)23)20-19(21)14(2)25-17-9-7-16(24-3)8-10-17/h5-14H,1-4H3,(H,20,21). The number of sulfone groups is 1. The van der Waals surface area contributed by atoms with Crippen LogP contribution in [0.2, 0.25) is 0 Å². The fourth-order valence-electron chi connectivity index (χ4n) is 2.33. The SMILES string of the molecule is COc1ccc(OC(C)C(=O)NC(C)c2ccc(S(C)(=O)=O)cc2)cc1. The Labute approximate surface area is 154 Å². The van der Waals surface area contributed by atoms with E-state index >= 15 is 0 Å². The van der Waals surface area contributed by atoms with Crippen LogP contribution in [0.15, 0.2) is 53.4 Å². The molecule has 1 N–H and O–H groups in total. The number of carbonyl (C=O) groups excluding carboxylic acids is 1. The van der Waals surface area contributed by atoms with E-state index in [4.69, 9.17) is 9.47 Å². The Morgan fingerprint density at radius 3 is 2.00 bits per heavy atom. The second-order valence-corrected chi connectivity index (χ2v) is 8.02. The summed E-state index contributed by atoms with van der Waals surface area (Å²) in [6.07, 6.45) is 0.479. The Kier molecular flexibility index (Phi) is 6.26. The minimum absolute atomic E-state index is 0.246. The summed E-state index contributed by atoms with van der Waals surface area (Å²) in [7, 11) is -1.66. The van der Waals surface area contributed by atoms with Crippen molar-refractivity contribution in [2.24, 2.45) is 0 Å². The van der Waals surface area contributed by atoms with Crippen LogP contribution in [0.25, 0.3) is 0 Å². The van der Waals surface area contributed by atoms with Crippen molar-refractivity contribution in [3.63, 3.8) is 0 Å². The maximum absolute atomic E-state index is 12.3. The highest BCUT2D eigenvalue weighted by Gasteiger charge is 2.18. The molecule has 0 saturated heterocycles. The van der Waals surface area contributed by atoms with Crippen LogP contribution >= 0.6 is 0 Å². The lowest BCUT2D eigenvalue weighted by molar-refractivity contribution is -0.127. The van der Waals surface area contributed by atoms with Crippen molar-refractivity contribution in [1.29, 1.82) is 0 Å². The van der Waals surface area contributed by atoms with Crippen molar-refractivity contribution in [3.8, 4) is 11.5 Å². The first kappa shape index (κ1) is 19.8. The molecule has 0 saturated carbocycles. The molecule has 26 heavy (non-hydrogen) atoms. The van der Waals surface area contributed by atoms with Gasteiger partial charge in [0.15, 0.2) is 15.9 Å². The second-order valence-electron chi connectivity index (χ2n) is 6.01. The molecule has 0 heterocycles. The van der Waals surface area contributed by atoms with Gasteiger partial charge in [0.25, 0.3) is 5.91 Å². The lowest BCUT2D eigenvalue weighted by Gasteiger charge is -2.19. The molecular weight excluding hydrogens is 354 g/mol. The molecule has 140 valence electrons. The Balaban J connectivity index is 1.96. The molecule has 0 fully saturated rings. The number of methoxy groups -OCH3 is 1. The molecule has 2 aromatic carbocycles. The van der Waals surface area contributed by atoms with Gasteiger partial charge >= 0.3 is 0 Å². The zero-order valence-corrected chi connectivity index (χ0v) is 16.0. The summed E-state index contributed by atoms with van der Waals surface area (Å²) >= 11 is 0. The average molecular weight is 377 g/mol. The van der Waals surface area contributed by atoms with Crippen LogP contribution in [0.1, 0.15) is 25.5 Å². The van der Waals surface area contributed by atoms with Crippen molar-refractivity contribution in [2.75, 3.05) is 13.4 Å². The number of nitrogens with one attached hydrogen (secondary N) is 1. The van der Waals surface area contributed by atoms with Gasteiger partial charge in [-0.15, -0.1) is 0 Å².